The zero-order chi connectivity index (χ0) is 14.7. The summed E-state index contributed by atoms with van der Waals surface area (Å²) in [6, 6.07) is 10.1. The number of ether oxygens (including phenoxy) is 1. The summed E-state index contributed by atoms with van der Waals surface area (Å²) >= 11 is 0. The van der Waals surface area contributed by atoms with Gasteiger partial charge in [-0.1, -0.05) is 35.9 Å². The van der Waals surface area contributed by atoms with Gasteiger partial charge in [-0.15, -0.1) is 0 Å². The van der Waals surface area contributed by atoms with Crippen LogP contribution in [0.4, 0.5) is 0 Å². The van der Waals surface area contributed by atoms with Gasteiger partial charge in [-0.25, -0.2) is 0 Å². The lowest BCUT2D eigenvalue weighted by Gasteiger charge is -2.14. The summed E-state index contributed by atoms with van der Waals surface area (Å²) in [5, 5.41) is 0. The Bertz CT molecular complexity index is 622. The van der Waals surface area contributed by atoms with Crippen LogP contribution in [0.25, 0.3) is 0 Å². The first-order chi connectivity index (χ1) is 9.52. The maximum Gasteiger partial charge on any atom is 0.150 e. The summed E-state index contributed by atoms with van der Waals surface area (Å²) in [5.74, 6) is 0.906. The summed E-state index contributed by atoms with van der Waals surface area (Å²) in [4.78, 5) is 11.2. The molecule has 0 fully saturated rings. The third-order valence-electron chi connectivity index (χ3n) is 3.52. The van der Waals surface area contributed by atoms with Crippen molar-refractivity contribution in [1.29, 1.82) is 0 Å². The van der Waals surface area contributed by atoms with Gasteiger partial charge in [0.05, 0.1) is 0 Å². The molecule has 2 nitrogen and oxygen atoms in total. The maximum absolute atomic E-state index is 11.2. The van der Waals surface area contributed by atoms with E-state index in [-0.39, 0.29) is 0 Å². The van der Waals surface area contributed by atoms with E-state index in [4.69, 9.17) is 4.74 Å². The van der Waals surface area contributed by atoms with E-state index in [1.165, 1.54) is 0 Å². The number of carbonyl (C=O) groups excluding carboxylic acids is 1. The highest BCUT2D eigenvalue weighted by molar-refractivity contribution is 5.79. The lowest BCUT2D eigenvalue weighted by molar-refractivity contribution is 0.112. The number of benzene rings is 2. The molecular formula is C18H20O2. The quantitative estimate of drug-likeness (QED) is 0.772. The Labute approximate surface area is 120 Å². The van der Waals surface area contributed by atoms with Gasteiger partial charge in [-0.2, -0.15) is 0 Å². The molecule has 0 bridgehead atoms. The van der Waals surface area contributed by atoms with Crippen LogP contribution in [0.5, 0.6) is 5.75 Å². The second-order valence-corrected chi connectivity index (χ2v) is 5.28. The highest BCUT2D eigenvalue weighted by Crippen LogP contribution is 2.24. The molecule has 2 rings (SSSR count). The van der Waals surface area contributed by atoms with Crippen molar-refractivity contribution in [2.75, 3.05) is 0 Å². The van der Waals surface area contributed by atoms with E-state index < -0.39 is 0 Å². The number of carbonyl (C=O) groups is 1. The van der Waals surface area contributed by atoms with Crippen LogP contribution < -0.4 is 4.74 Å². The summed E-state index contributed by atoms with van der Waals surface area (Å²) in [6.45, 7) is 8.47. The SMILES string of the molecule is Cc1cc(C)c(C=O)c(COc2c(C)cccc2C)c1. The molecule has 0 N–H and O–H groups in total. The molecule has 0 saturated heterocycles. The number of aldehydes is 1. The highest BCUT2D eigenvalue weighted by atomic mass is 16.5. The van der Waals surface area contributed by atoms with Crippen molar-refractivity contribution in [3.63, 3.8) is 0 Å². The van der Waals surface area contributed by atoms with Crippen molar-refractivity contribution in [2.24, 2.45) is 0 Å². The van der Waals surface area contributed by atoms with Crippen LogP contribution in [0.3, 0.4) is 0 Å². The Hall–Kier alpha value is -2.09. The summed E-state index contributed by atoms with van der Waals surface area (Å²) in [6.07, 6.45) is 0.915. The molecular weight excluding hydrogens is 248 g/mol. The second-order valence-electron chi connectivity index (χ2n) is 5.28. The molecule has 0 radical (unpaired) electrons. The Morgan fingerprint density at radius 3 is 2.25 bits per heavy atom. The third-order valence-corrected chi connectivity index (χ3v) is 3.52. The first kappa shape index (κ1) is 14.3. The highest BCUT2D eigenvalue weighted by Gasteiger charge is 2.09. The predicted molar refractivity (Wildman–Crippen MR) is 81.6 cm³/mol. The Morgan fingerprint density at radius 1 is 1.00 bits per heavy atom. The van der Waals surface area contributed by atoms with Gasteiger partial charge < -0.3 is 4.74 Å². The van der Waals surface area contributed by atoms with Gasteiger partial charge in [0.15, 0.2) is 6.29 Å². The zero-order valence-corrected chi connectivity index (χ0v) is 12.5. The molecule has 0 amide bonds. The molecule has 0 saturated carbocycles. The fourth-order valence-electron chi connectivity index (χ4n) is 2.53. The lowest BCUT2D eigenvalue weighted by atomic mass is 10.0. The summed E-state index contributed by atoms with van der Waals surface area (Å²) in [5.41, 5.74) is 6.05. The molecule has 0 aliphatic rings. The minimum Gasteiger partial charge on any atom is -0.488 e. The molecule has 0 heterocycles. The number of para-hydroxylation sites is 1. The van der Waals surface area contributed by atoms with E-state index in [0.29, 0.717) is 6.61 Å². The second kappa shape index (κ2) is 5.91. The van der Waals surface area contributed by atoms with Gasteiger partial charge in [0.2, 0.25) is 0 Å². The van der Waals surface area contributed by atoms with Crippen LogP contribution in [-0.2, 0) is 6.61 Å². The largest absolute Gasteiger partial charge is 0.488 e. The van der Waals surface area contributed by atoms with Gasteiger partial charge in [-0.05, 0) is 44.4 Å². The van der Waals surface area contributed by atoms with E-state index in [1.54, 1.807) is 0 Å². The number of hydrogen-bond acceptors (Lipinski definition) is 2. The molecule has 0 aromatic heterocycles. The smallest absolute Gasteiger partial charge is 0.150 e. The molecule has 0 atom stereocenters. The lowest BCUT2D eigenvalue weighted by Crippen LogP contribution is -2.04. The number of rotatable bonds is 4. The van der Waals surface area contributed by atoms with E-state index in [1.807, 2.05) is 58.0 Å². The van der Waals surface area contributed by atoms with Crippen molar-refractivity contribution in [3.8, 4) is 5.75 Å². The van der Waals surface area contributed by atoms with E-state index in [0.717, 1.165) is 45.4 Å². The molecule has 104 valence electrons. The standard InChI is InChI=1S/C18H20O2/c1-12-8-15(4)17(10-19)16(9-12)11-20-18-13(2)6-5-7-14(18)3/h5-10H,11H2,1-4H3. The first-order valence-corrected chi connectivity index (χ1v) is 6.77. The minimum absolute atomic E-state index is 0.419. The minimum atomic E-state index is 0.419. The molecule has 2 heteroatoms. The Kier molecular flexibility index (Phi) is 4.23. The van der Waals surface area contributed by atoms with Crippen LogP contribution in [-0.4, -0.2) is 6.29 Å². The van der Waals surface area contributed by atoms with Crippen LogP contribution in [0.1, 0.15) is 38.2 Å². The molecule has 20 heavy (non-hydrogen) atoms. The maximum atomic E-state index is 11.2. The Balaban J connectivity index is 2.30. The van der Waals surface area contributed by atoms with Gasteiger partial charge >= 0.3 is 0 Å². The average Bonchev–Trinajstić information content (AvgIpc) is 2.37. The molecule has 2 aromatic rings. The van der Waals surface area contributed by atoms with Crippen LogP contribution >= 0.6 is 0 Å². The third kappa shape index (κ3) is 2.90. The fourth-order valence-corrected chi connectivity index (χ4v) is 2.53. The van der Waals surface area contributed by atoms with Crippen LogP contribution in [0.15, 0.2) is 30.3 Å². The zero-order valence-electron chi connectivity index (χ0n) is 12.5. The van der Waals surface area contributed by atoms with Crippen LogP contribution in [0.2, 0.25) is 0 Å². The van der Waals surface area contributed by atoms with Gasteiger partial charge in [0, 0.05) is 11.1 Å². The number of aryl methyl sites for hydroxylation is 4. The van der Waals surface area contributed by atoms with E-state index >= 15 is 0 Å². The predicted octanol–water partition coefficient (Wildman–Crippen LogP) is 4.31. The Morgan fingerprint density at radius 2 is 1.65 bits per heavy atom. The van der Waals surface area contributed by atoms with Crippen molar-refractivity contribution in [1.82, 2.24) is 0 Å². The summed E-state index contributed by atoms with van der Waals surface area (Å²) < 4.78 is 5.95. The number of hydrogen-bond donors (Lipinski definition) is 0. The van der Waals surface area contributed by atoms with Gasteiger partial charge in [0.25, 0.3) is 0 Å². The molecule has 0 spiro atoms. The van der Waals surface area contributed by atoms with Crippen molar-refractivity contribution in [3.05, 3.63) is 63.7 Å². The van der Waals surface area contributed by atoms with Crippen molar-refractivity contribution >= 4 is 6.29 Å². The normalized spacial score (nSPS) is 10.4. The van der Waals surface area contributed by atoms with Crippen LogP contribution in [0, 0.1) is 27.7 Å². The molecule has 0 unspecified atom stereocenters. The van der Waals surface area contributed by atoms with Gasteiger partial charge in [-0.3, -0.25) is 4.79 Å². The topological polar surface area (TPSA) is 26.3 Å². The van der Waals surface area contributed by atoms with Crippen molar-refractivity contribution in [2.45, 2.75) is 34.3 Å². The molecule has 0 aliphatic carbocycles. The van der Waals surface area contributed by atoms with E-state index in [9.17, 15) is 4.79 Å². The first-order valence-electron chi connectivity index (χ1n) is 6.77. The van der Waals surface area contributed by atoms with Crippen molar-refractivity contribution < 1.29 is 9.53 Å². The summed E-state index contributed by atoms with van der Waals surface area (Å²) in [7, 11) is 0. The monoisotopic (exact) mass is 268 g/mol. The van der Waals surface area contributed by atoms with E-state index in [2.05, 4.69) is 0 Å². The average molecular weight is 268 g/mol. The van der Waals surface area contributed by atoms with Gasteiger partial charge in [0.1, 0.15) is 12.4 Å². The molecule has 0 aliphatic heterocycles. The molecule has 2 aromatic carbocycles. The fraction of sp³-hybridized carbons (Fsp3) is 0.278.